The standard InChI is InChI=1S/C27H35NO3/c1-6-23(29)16-24-18(4)19(5)28-26(17(2)3)25(24)15-20-7-9-21(10-8-20)22-11-13-27(30,31)14-12-22/h7-11,17,30-31H,6,12-16H2,1-5H3. The first-order chi connectivity index (χ1) is 14.6. The minimum Gasteiger partial charge on any atom is -0.365 e. The number of carbonyl (C=O) groups excluding carboxylic acids is 1. The zero-order valence-electron chi connectivity index (χ0n) is 19.5. The minimum absolute atomic E-state index is 0.257. The van der Waals surface area contributed by atoms with E-state index in [0.29, 0.717) is 25.7 Å². The maximum atomic E-state index is 12.3. The van der Waals surface area contributed by atoms with Crippen molar-refractivity contribution in [2.75, 3.05) is 0 Å². The van der Waals surface area contributed by atoms with Crippen LogP contribution in [0.2, 0.25) is 0 Å². The van der Waals surface area contributed by atoms with E-state index in [1.165, 1.54) is 11.1 Å². The summed E-state index contributed by atoms with van der Waals surface area (Å²) in [5, 5.41) is 19.5. The van der Waals surface area contributed by atoms with Crippen LogP contribution in [0.1, 0.15) is 91.6 Å². The number of carbonyl (C=O) groups is 1. The molecule has 0 saturated carbocycles. The Labute approximate surface area is 186 Å². The predicted molar refractivity (Wildman–Crippen MR) is 125 cm³/mol. The molecule has 166 valence electrons. The Morgan fingerprint density at radius 2 is 1.81 bits per heavy atom. The maximum Gasteiger partial charge on any atom is 0.166 e. The number of aryl methyl sites for hydroxylation is 1. The smallest absolute Gasteiger partial charge is 0.166 e. The molecule has 0 aliphatic heterocycles. The van der Waals surface area contributed by atoms with E-state index in [1.807, 2.05) is 19.9 Å². The molecule has 0 fully saturated rings. The van der Waals surface area contributed by atoms with Gasteiger partial charge in [0, 0.05) is 37.1 Å². The lowest BCUT2D eigenvalue weighted by molar-refractivity contribution is -0.163. The van der Waals surface area contributed by atoms with Gasteiger partial charge in [-0.1, -0.05) is 51.1 Å². The topological polar surface area (TPSA) is 70.4 Å². The fourth-order valence-electron chi connectivity index (χ4n) is 4.30. The minimum atomic E-state index is -1.57. The van der Waals surface area contributed by atoms with E-state index in [0.717, 1.165) is 40.1 Å². The second kappa shape index (κ2) is 9.46. The molecule has 2 N–H and O–H groups in total. The maximum absolute atomic E-state index is 12.3. The summed E-state index contributed by atoms with van der Waals surface area (Å²) in [7, 11) is 0. The van der Waals surface area contributed by atoms with Gasteiger partial charge in [-0.2, -0.15) is 0 Å². The number of aliphatic hydroxyl groups is 2. The van der Waals surface area contributed by atoms with Crippen LogP contribution in [0.15, 0.2) is 30.3 Å². The number of aromatic nitrogens is 1. The molecule has 1 aromatic carbocycles. The van der Waals surface area contributed by atoms with Crippen LogP contribution in [0, 0.1) is 13.8 Å². The number of Topliss-reactive ketones (excluding diaryl/α,β-unsaturated/α-hetero) is 1. The summed E-state index contributed by atoms with van der Waals surface area (Å²) in [4.78, 5) is 17.2. The Morgan fingerprint density at radius 3 is 2.35 bits per heavy atom. The number of hydrogen-bond acceptors (Lipinski definition) is 4. The average Bonchev–Trinajstić information content (AvgIpc) is 2.73. The highest BCUT2D eigenvalue weighted by atomic mass is 16.5. The molecule has 0 amide bonds. The second-order valence-electron chi connectivity index (χ2n) is 9.18. The lowest BCUT2D eigenvalue weighted by Gasteiger charge is -2.26. The molecule has 4 heteroatoms. The Hall–Kier alpha value is -2.30. The quantitative estimate of drug-likeness (QED) is 0.604. The van der Waals surface area contributed by atoms with Gasteiger partial charge < -0.3 is 10.2 Å². The number of rotatable bonds is 7. The van der Waals surface area contributed by atoms with Crippen molar-refractivity contribution in [2.24, 2.45) is 0 Å². The van der Waals surface area contributed by atoms with Crippen LogP contribution in [0.3, 0.4) is 0 Å². The van der Waals surface area contributed by atoms with Gasteiger partial charge in [-0.05, 0) is 66.0 Å². The van der Waals surface area contributed by atoms with E-state index < -0.39 is 5.79 Å². The zero-order valence-corrected chi connectivity index (χ0v) is 19.5. The third-order valence-corrected chi connectivity index (χ3v) is 6.45. The Kier molecular flexibility index (Phi) is 7.13. The SMILES string of the molecule is CCC(=O)Cc1c(C)c(C)nc(C(C)C)c1Cc1ccc(C2=CCC(O)(O)CC2)cc1. The molecular weight excluding hydrogens is 386 g/mol. The molecule has 0 bridgehead atoms. The molecule has 3 rings (SSSR count). The predicted octanol–water partition coefficient (Wildman–Crippen LogP) is 5.18. The number of pyridine rings is 1. The summed E-state index contributed by atoms with van der Waals surface area (Å²) in [5.41, 5.74) is 9.04. The van der Waals surface area contributed by atoms with Crippen molar-refractivity contribution in [1.82, 2.24) is 4.98 Å². The van der Waals surface area contributed by atoms with Gasteiger partial charge in [0.1, 0.15) is 5.78 Å². The molecule has 4 nitrogen and oxygen atoms in total. The lowest BCUT2D eigenvalue weighted by Crippen LogP contribution is -2.29. The molecule has 2 aromatic rings. The van der Waals surface area contributed by atoms with E-state index in [-0.39, 0.29) is 18.1 Å². The molecule has 1 aliphatic carbocycles. The van der Waals surface area contributed by atoms with E-state index in [1.54, 1.807) is 0 Å². The van der Waals surface area contributed by atoms with Crippen molar-refractivity contribution >= 4 is 11.4 Å². The summed E-state index contributed by atoms with van der Waals surface area (Å²) < 4.78 is 0. The van der Waals surface area contributed by atoms with Gasteiger partial charge in [-0.3, -0.25) is 9.78 Å². The lowest BCUT2D eigenvalue weighted by atomic mass is 9.87. The van der Waals surface area contributed by atoms with Gasteiger partial charge in [-0.25, -0.2) is 0 Å². The zero-order chi connectivity index (χ0) is 22.8. The van der Waals surface area contributed by atoms with Crippen LogP contribution in [0.25, 0.3) is 5.57 Å². The van der Waals surface area contributed by atoms with Crippen LogP contribution in [0.5, 0.6) is 0 Å². The van der Waals surface area contributed by atoms with Crippen LogP contribution in [-0.2, 0) is 17.6 Å². The van der Waals surface area contributed by atoms with Crippen molar-refractivity contribution < 1.29 is 15.0 Å². The molecule has 1 aromatic heterocycles. The summed E-state index contributed by atoms with van der Waals surface area (Å²) in [6.07, 6.45) is 4.99. The summed E-state index contributed by atoms with van der Waals surface area (Å²) in [5.74, 6) is -1.03. The highest BCUT2D eigenvalue weighted by Gasteiger charge is 2.26. The fraction of sp³-hybridized carbons (Fsp3) is 0.481. The van der Waals surface area contributed by atoms with Crippen LogP contribution in [0.4, 0.5) is 0 Å². The molecular formula is C27H35NO3. The number of allylic oxidation sites excluding steroid dienone is 1. The fourth-order valence-corrected chi connectivity index (χ4v) is 4.30. The van der Waals surface area contributed by atoms with Gasteiger partial charge in [0.15, 0.2) is 5.79 Å². The largest absolute Gasteiger partial charge is 0.365 e. The van der Waals surface area contributed by atoms with Crippen LogP contribution in [-0.4, -0.2) is 26.8 Å². The van der Waals surface area contributed by atoms with Crippen molar-refractivity contribution in [3.8, 4) is 0 Å². The molecule has 1 heterocycles. The number of benzene rings is 1. The molecule has 31 heavy (non-hydrogen) atoms. The first-order valence-electron chi connectivity index (χ1n) is 11.3. The van der Waals surface area contributed by atoms with Crippen molar-refractivity contribution in [2.45, 2.75) is 84.8 Å². The van der Waals surface area contributed by atoms with E-state index in [9.17, 15) is 15.0 Å². The Morgan fingerprint density at radius 1 is 1.13 bits per heavy atom. The number of hydrogen-bond donors (Lipinski definition) is 2. The molecule has 0 radical (unpaired) electrons. The average molecular weight is 422 g/mol. The molecule has 0 atom stereocenters. The van der Waals surface area contributed by atoms with Crippen molar-refractivity contribution in [3.63, 3.8) is 0 Å². The van der Waals surface area contributed by atoms with Crippen LogP contribution >= 0.6 is 0 Å². The van der Waals surface area contributed by atoms with Gasteiger partial charge in [-0.15, -0.1) is 0 Å². The van der Waals surface area contributed by atoms with E-state index in [4.69, 9.17) is 4.98 Å². The van der Waals surface area contributed by atoms with E-state index in [2.05, 4.69) is 45.0 Å². The summed E-state index contributed by atoms with van der Waals surface area (Å²) in [6.45, 7) is 10.4. The van der Waals surface area contributed by atoms with Gasteiger partial charge in [0.25, 0.3) is 0 Å². The monoisotopic (exact) mass is 421 g/mol. The molecule has 0 spiro atoms. The summed E-state index contributed by atoms with van der Waals surface area (Å²) >= 11 is 0. The highest BCUT2D eigenvalue weighted by molar-refractivity contribution is 5.81. The molecule has 1 aliphatic rings. The van der Waals surface area contributed by atoms with Crippen LogP contribution < -0.4 is 0 Å². The normalized spacial score (nSPS) is 15.8. The number of ketones is 1. The van der Waals surface area contributed by atoms with Gasteiger partial charge in [0.05, 0.1) is 0 Å². The second-order valence-corrected chi connectivity index (χ2v) is 9.18. The first-order valence-corrected chi connectivity index (χ1v) is 11.3. The van der Waals surface area contributed by atoms with E-state index >= 15 is 0 Å². The summed E-state index contributed by atoms with van der Waals surface area (Å²) in [6, 6.07) is 8.51. The third-order valence-electron chi connectivity index (χ3n) is 6.45. The third kappa shape index (κ3) is 5.50. The first kappa shape index (κ1) is 23.4. The number of nitrogens with zero attached hydrogens (tertiary/aromatic N) is 1. The Balaban J connectivity index is 1.93. The highest BCUT2D eigenvalue weighted by Crippen LogP contribution is 2.32. The molecule has 0 saturated heterocycles. The van der Waals surface area contributed by atoms with Crippen molar-refractivity contribution in [1.29, 1.82) is 0 Å². The van der Waals surface area contributed by atoms with Crippen molar-refractivity contribution in [3.05, 3.63) is 69.5 Å². The Bertz CT molecular complexity index is 985. The van der Waals surface area contributed by atoms with Gasteiger partial charge >= 0.3 is 0 Å². The van der Waals surface area contributed by atoms with Gasteiger partial charge in [0.2, 0.25) is 0 Å². The molecule has 0 unspecified atom stereocenters.